The van der Waals surface area contributed by atoms with Crippen molar-refractivity contribution >= 4 is 52.3 Å². The second-order valence-corrected chi connectivity index (χ2v) is 10.4. The number of hydrogen-bond donors (Lipinski definition) is 2. The maximum absolute atomic E-state index is 14.1. The van der Waals surface area contributed by atoms with Gasteiger partial charge in [-0.15, -0.1) is 0 Å². The van der Waals surface area contributed by atoms with E-state index >= 15 is 0 Å². The summed E-state index contributed by atoms with van der Waals surface area (Å²) in [5, 5.41) is 6.87. The third-order valence-corrected chi connectivity index (χ3v) is 7.49. The fourth-order valence-electron chi connectivity index (χ4n) is 4.95. The molecule has 1 saturated heterocycles. The predicted octanol–water partition coefficient (Wildman–Crippen LogP) is 5.47. The third kappa shape index (κ3) is 5.41. The van der Waals surface area contributed by atoms with E-state index < -0.39 is 6.04 Å². The molecule has 0 bridgehead atoms. The summed E-state index contributed by atoms with van der Waals surface area (Å²) in [5.41, 5.74) is 3.50. The van der Waals surface area contributed by atoms with E-state index in [1.807, 2.05) is 36.1 Å². The molecule has 2 aliphatic rings. The number of benzene rings is 3. The van der Waals surface area contributed by atoms with Crippen molar-refractivity contribution < 1.29 is 14.4 Å². The summed E-state index contributed by atoms with van der Waals surface area (Å²) >= 11 is 12.5. The number of carbonyl (C=O) groups excluding carboxylic acids is 3. The number of nitrogens with zero attached hydrogens (tertiary/aromatic N) is 2. The van der Waals surface area contributed by atoms with Crippen LogP contribution in [0, 0.1) is 6.92 Å². The van der Waals surface area contributed by atoms with Crippen LogP contribution in [0.2, 0.25) is 10.0 Å². The zero-order valence-electron chi connectivity index (χ0n) is 21.0. The topological polar surface area (TPSA) is 81.8 Å². The van der Waals surface area contributed by atoms with Gasteiger partial charge in [-0.2, -0.15) is 0 Å². The molecule has 3 aromatic carbocycles. The highest BCUT2D eigenvalue weighted by Gasteiger charge is 2.35. The first-order valence-corrected chi connectivity index (χ1v) is 13.4. The molecule has 1 fully saturated rings. The zero-order valence-corrected chi connectivity index (χ0v) is 22.5. The summed E-state index contributed by atoms with van der Waals surface area (Å²) in [7, 11) is 0. The molecule has 3 amide bonds. The van der Waals surface area contributed by atoms with Gasteiger partial charge in [0.1, 0.15) is 0 Å². The van der Waals surface area contributed by atoms with Gasteiger partial charge in [0.15, 0.2) is 0 Å². The molecule has 2 aliphatic heterocycles. The lowest BCUT2D eigenvalue weighted by Crippen LogP contribution is -2.36. The van der Waals surface area contributed by atoms with E-state index in [4.69, 9.17) is 23.2 Å². The minimum absolute atomic E-state index is 0.0375. The van der Waals surface area contributed by atoms with Gasteiger partial charge in [0, 0.05) is 30.2 Å². The van der Waals surface area contributed by atoms with Crippen molar-refractivity contribution in [2.24, 2.45) is 0 Å². The molecule has 2 N–H and O–H groups in total. The monoisotopic (exact) mass is 550 g/mol. The maximum Gasteiger partial charge on any atom is 0.260 e. The lowest BCUT2D eigenvalue weighted by molar-refractivity contribution is -0.116. The van der Waals surface area contributed by atoms with Crippen LogP contribution in [-0.2, 0) is 4.79 Å². The number of halogens is 2. The summed E-state index contributed by atoms with van der Waals surface area (Å²) in [6.45, 7) is 4.85. The molecule has 0 aliphatic carbocycles. The van der Waals surface area contributed by atoms with Gasteiger partial charge in [-0.3, -0.25) is 19.3 Å². The number of fused-ring (bicyclic) bond motifs is 1. The number of carbonyl (C=O) groups is 3. The van der Waals surface area contributed by atoms with Gasteiger partial charge in [0.2, 0.25) is 5.91 Å². The van der Waals surface area contributed by atoms with Crippen molar-refractivity contribution in [2.45, 2.75) is 25.8 Å². The lowest BCUT2D eigenvalue weighted by Gasteiger charge is -2.31. The Bertz CT molecular complexity index is 1390. The molecule has 0 spiro atoms. The largest absolute Gasteiger partial charge is 0.337 e. The Balaban J connectivity index is 1.60. The Kier molecular flexibility index (Phi) is 7.70. The van der Waals surface area contributed by atoms with Gasteiger partial charge in [-0.1, -0.05) is 53.0 Å². The van der Waals surface area contributed by atoms with Crippen LogP contribution < -0.4 is 15.5 Å². The van der Waals surface area contributed by atoms with Gasteiger partial charge in [0.05, 0.1) is 34.4 Å². The van der Waals surface area contributed by atoms with Gasteiger partial charge in [0.25, 0.3) is 11.8 Å². The Hall–Kier alpha value is -3.39. The summed E-state index contributed by atoms with van der Waals surface area (Å²) < 4.78 is 0. The van der Waals surface area contributed by atoms with Crippen molar-refractivity contribution in [1.82, 2.24) is 10.2 Å². The molecule has 38 heavy (non-hydrogen) atoms. The van der Waals surface area contributed by atoms with Crippen molar-refractivity contribution in [3.8, 4) is 0 Å². The number of rotatable bonds is 3. The highest BCUT2D eigenvalue weighted by molar-refractivity contribution is 6.37. The molecule has 0 radical (unpaired) electrons. The van der Waals surface area contributed by atoms with E-state index in [0.29, 0.717) is 35.1 Å². The minimum atomic E-state index is -0.589. The first-order valence-electron chi connectivity index (χ1n) is 12.6. The third-order valence-electron chi connectivity index (χ3n) is 6.94. The van der Waals surface area contributed by atoms with Crippen molar-refractivity contribution in [3.63, 3.8) is 0 Å². The molecule has 5 rings (SSSR count). The fraction of sp³-hybridized carbons (Fsp3) is 0.276. The Labute approximate surface area is 231 Å². The van der Waals surface area contributed by atoms with Crippen molar-refractivity contribution in [3.05, 3.63) is 93.0 Å². The van der Waals surface area contributed by atoms with E-state index in [9.17, 15) is 14.4 Å². The van der Waals surface area contributed by atoms with Crippen LogP contribution in [0.15, 0.2) is 60.7 Å². The van der Waals surface area contributed by atoms with Gasteiger partial charge in [-0.05, 0) is 61.9 Å². The Morgan fingerprint density at radius 2 is 1.71 bits per heavy atom. The number of nitrogens with one attached hydrogen (secondary N) is 2. The summed E-state index contributed by atoms with van der Waals surface area (Å²) in [4.78, 5) is 43.9. The van der Waals surface area contributed by atoms with E-state index in [0.717, 1.165) is 30.6 Å². The highest BCUT2D eigenvalue weighted by atomic mass is 35.5. The molecule has 1 atom stereocenters. The quantitative estimate of drug-likeness (QED) is 0.453. The normalized spacial score (nSPS) is 17.8. The van der Waals surface area contributed by atoms with Gasteiger partial charge < -0.3 is 15.5 Å². The van der Waals surface area contributed by atoms with E-state index in [-0.39, 0.29) is 34.7 Å². The summed E-state index contributed by atoms with van der Waals surface area (Å²) in [6, 6.07) is 17.0. The number of amides is 3. The molecule has 2 heterocycles. The first kappa shape index (κ1) is 26.2. The van der Waals surface area contributed by atoms with E-state index in [2.05, 4.69) is 10.6 Å². The summed E-state index contributed by atoms with van der Waals surface area (Å²) in [5.74, 6) is -0.728. The Morgan fingerprint density at radius 1 is 0.921 bits per heavy atom. The maximum atomic E-state index is 14.1. The number of aryl methyl sites for hydroxylation is 1. The lowest BCUT2D eigenvalue weighted by atomic mass is 9.98. The van der Waals surface area contributed by atoms with Gasteiger partial charge in [-0.25, -0.2) is 0 Å². The second-order valence-electron chi connectivity index (χ2n) is 9.61. The van der Waals surface area contributed by atoms with Crippen LogP contribution in [-0.4, -0.2) is 48.8 Å². The average molecular weight is 551 g/mol. The molecular formula is C29H28Cl2N4O3. The van der Waals surface area contributed by atoms with Crippen LogP contribution in [0.4, 0.5) is 11.4 Å². The molecule has 0 saturated carbocycles. The molecule has 9 heteroatoms. The van der Waals surface area contributed by atoms with Crippen LogP contribution >= 0.6 is 23.2 Å². The SMILES string of the molecule is Cc1ccc(C2CC(=O)Nc3cc(C(=O)N4CCCNCC4)ccc3N2C(=O)c2ccc(Cl)cc2Cl)cc1. The molecule has 3 aromatic rings. The molecule has 1 unspecified atom stereocenters. The molecule has 7 nitrogen and oxygen atoms in total. The van der Waals surface area contributed by atoms with E-state index in [1.54, 1.807) is 35.2 Å². The van der Waals surface area contributed by atoms with Crippen LogP contribution in [0.25, 0.3) is 0 Å². The second kappa shape index (κ2) is 11.2. The van der Waals surface area contributed by atoms with Gasteiger partial charge >= 0.3 is 0 Å². The van der Waals surface area contributed by atoms with Crippen molar-refractivity contribution in [2.75, 3.05) is 36.4 Å². The van der Waals surface area contributed by atoms with Crippen LogP contribution in [0.1, 0.15) is 50.7 Å². The standard InChI is InChI=1S/C29H28Cl2N4O3/c1-18-3-5-19(6-4-18)26-17-27(36)33-24-15-20(28(37)34-13-2-11-32-12-14-34)7-10-25(24)35(26)29(38)22-9-8-21(30)16-23(22)31/h3-10,15-16,26,32H,2,11-14,17H2,1H3,(H,33,36). The zero-order chi connectivity index (χ0) is 26.8. The average Bonchev–Trinajstić information content (AvgIpc) is 3.25. The predicted molar refractivity (Wildman–Crippen MR) is 150 cm³/mol. The molecule has 0 aromatic heterocycles. The smallest absolute Gasteiger partial charge is 0.260 e. The number of anilines is 2. The fourth-order valence-corrected chi connectivity index (χ4v) is 5.44. The highest BCUT2D eigenvalue weighted by Crippen LogP contribution is 2.40. The molecule has 196 valence electrons. The molecular weight excluding hydrogens is 523 g/mol. The summed E-state index contributed by atoms with van der Waals surface area (Å²) in [6.07, 6.45) is 0.908. The van der Waals surface area contributed by atoms with Crippen LogP contribution in [0.5, 0.6) is 0 Å². The first-order chi connectivity index (χ1) is 18.3. The van der Waals surface area contributed by atoms with Crippen LogP contribution in [0.3, 0.4) is 0 Å². The minimum Gasteiger partial charge on any atom is -0.337 e. The Morgan fingerprint density at radius 3 is 2.47 bits per heavy atom. The van der Waals surface area contributed by atoms with Crippen molar-refractivity contribution in [1.29, 1.82) is 0 Å². The van der Waals surface area contributed by atoms with E-state index in [1.165, 1.54) is 6.07 Å². The number of hydrogen-bond acceptors (Lipinski definition) is 4.